The molecule has 0 radical (unpaired) electrons. The summed E-state index contributed by atoms with van der Waals surface area (Å²) in [7, 11) is 0. The van der Waals surface area contributed by atoms with E-state index >= 15 is 0 Å². The summed E-state index contributed by atoms with van der Waals surface area (Å²) < 4.78 is 19.1. The molecule has 3 heteroatoms. The lowest BCUT2D eigenvalue weighted by Gasteiger charge is -2.20. The van der Waals surface area contributed by atoms with Gasteiger partial charge in [0.15, 0.2) is 0 Å². The summed E-state index contributed by atoms with van der Waals surface area (Å²) in [5.74, 6) is 0.503. The van der Waals surface area contributed by atoms with Crippen LogP contribution in [0.4, 0.5) is 4.39 Å². The summed E-state index contributed by atoms with van der Waals surface area (Å²) >= 11 is 0. The maximum atomic E-state index is 13.6. The molecule has 1 aliphatic rings. The molecule has 82 valence electrons. The average Bonchev–Trinajstić information content (AvgIpc) is 2.56. The third-order valence-corrected chi connectivity index (χ3v) is 2.54. The van der Waals surface area contributed by atoms with Gasteiger partial charge in [-0.25, -0.2) is 4.39 Å². The van der Waals surface area contributed by atoms with Crippen molar-refractivity contribution in [2.24, 2.45) is 5.73 Å². The fourth-order valence-electron chi connectivity index (χ4n) is 1.91. The Morgan fingerprint density at radius 2 is 2.20 bits per heavy atom. The predicted molar refractivity (Wildman–Crippen MR) is 57.6 cm³/mol. The molecule has 15 heavy (non-hydrogen) atoms. The number of hydrogen-bond donors (Lipinski definition) is 1. The second kappa shape index (κ2) is 3.49. The SMILES string of the molecule is CC(C)(N)Cc1c(F)ccc2c1OCC2. The van der Waals surface area contributed by atoms with Crippen LogP contribution in [0.25, 0.3) is 0 Å². The Labute approximate surface area is 89.2 Å². The molecular weight excluding hydrogens is 193 g/mol. The number of halogens is 1. The molecule has 2 nitrogen and oxygen atoms in total. The molecule has 0 aromatic heterocycles. The summed E-state index contributed by atoms with van der Waals surface area (Å²) in [6.07, 6.45) is 1.37. The molecule has 1 aliphatic heterocycles. The van der Waals surface area contributed by atoms with Gasteiger partial charge in [0.1, 0.15) is 11.6 Å². The van der Waals surface area contributed by atoms with Gasteiger partial charge < -0.3 is 10.5 Å². The highest BCUT2D eigenvalue weighted by Crippen LogP contribution is 2.33. The molecule has 0 unspecified atom stereocenters. The van der Waals surface area contributed by atoms with Gasteiger partial charge in [-0.1, -0.05) is 6.07 Å². The van der Waals surface area contributed by atoms with Crippen LogP contribution in [0.2, 0.25) is 0 Å². The van der Waals surface area contributed by atoms with E-state index in [1.54, 1.807) is 6.07 Å². The molecule has 2 rings (SSSR count). The largest absolute Gasteiger partial charge is 0.493 e. The van der Waals surface area contributed by atoms with Gasteiger partial charge in [-0.15, -0.1) is 0 Å². The molecule has 1 aromatic rings. The highest BCUT2D eigenvalue weighted by atomic mass is 19.1. The molecular formula is C12H16FNO. The maximum Gasteiger partial charge on any atom is 0.130 e. The lowest BCUT2D eigenvalue weighted by Crippen LogP contribution is -2.34. The van der Waals surface area contributed by atoms with Crippen LogP contribution in [0.5, 0.6) is 5.75 Å². The first kappa shape index (κ1) is 10.4. The van der Waals surface area contributed by atoms with Gasteiger partial charge in [0, 0.05) is 17.5 Å². The molecule has 0 spiro atoms. The normalized spacial score (nSPS) is 14.9. The van der Waals surface area contributed by atoms with Crippen molar-refractivity contribution in [3.05, 3.63) is 29.1 Å². The highest BCUT2D eigenvalue weighted by molar-refractivity contribution is 5.45. The first-order valence-corrected chi connectivity index (χ1v) is 5.19. The van der Waals surface area contributed by atoms with Crippen LogP contribution >= 0.6 is 0 Å². The van der Waals surface area contributed by atoms with Crippen LogP contribution in [-0.4, -0.2) is 12.1 Å². The average molecular weight is 209 g/mol. The van der Waals surface area contributed by atoms with Gasteiger partial charge in [0.2, 0.25) is 0 Å². The number of ether oxygens (including phenoxy) is 1. The van der Waals surface area contributed by atoms with Gasteiger partial charge >= 0.3 is 0 Å². The smallest absolute Gasteiger partial charge is 0.130 e. The molecule has 0 bridgehead atoms. The Hall–Kier alpha value is -1.09. The topological polar surface area (TPSA) is 35.2 Å². The number of rotatable bonds is 2. The minimum absolute atomic E-state index is 0.214. The number of nitrogens with two attached hydrogens (primary N) is 1. The van der Waals surface area contributed by atoms with Crippen molar-refractivity contribution < 1.29 is 9.13 Å². The van der Waals surface area contributed by atoms with E-state index in [9.17, 15) is 4.39 Å². The zero-order valence-corrected chi connectivity index (χ0v) is 9.14. The van der Waals surface area contributed by atoms with Crippen LogP contribution in [0, 0.1) is 5.82 Å². The number of fused-ring (bicyclic) bond motifs is 1. The predicted octanol–water partition coefficient (Wildman–Crippen LogP) is 2.04. The molecule has 1 heterocycles. The molecule has 0 saturated heterocycles. The summed E-state index contributed by atoms with van der Waals surface area (Å²) in [5, 5.41) is 0. The lowest BCUT2D eigenvalue weighted by atomic mass is 9.94. The molecule has 1 aromatic carbocycles. The molecule has 0 saturated carbocycles. The Morgan fingerprint density at radius 3 is 2.87 bits per heavy atom. The third kappa shape index (κ3) is 2.12. The zero-order chi connectivity index (χ0) is 11.1. The minimum atomic E-state index is -0.415. The molecule has 0 fully saturated rings. The Morgan fingerprint density at radius 1 is 1.47 bits per heavy atom. The van der Waals surface area contributed by atoms with Crippen LogP contribution in [0.1, 0.15) is 25.0 Å². The minimum Gasteiger partial charge on any atom is -0.493 e. The second-order valence-corrected chi connectivity index (χ2v) is 4.78. The van der Waals surface area contributed by atoms with E-state index in [0.29, 0.717) is 24.3 Å². The van der Waals surface area contributed by atoms with Gasteiger partial charge in [-0.3, -0.25) is 0 Å². The van der Waals surface area contributed by atoms with Crippen molar-refractivity contribution >= 4 is 0 Å². The van der Waals surface area contributed by atoms with Gasteiger partial charge in [-0.2, -0.15) is 0 Å². The quantitative estimate of drug-likeness (QED) is 0.809. The van der Waals surface area contributed by atoms with Crippen LogP contribution in [0.3, 0.4) is 0 Å². The fourth-order valence-corrected chi connectivity index (χ4v) is 1.91. The van der Waals surface area contributed by atoms with Crippen molar-refractivity contribution in [1.29, 1.82) is 0 Å². The molecule has 0 amide bonds. The maximum absolute atomic E-state index is 13.6. The standard InChI is InChI=1S/C12H16FNO/c1-12(2,14)7-9-10(13)4-3-8-5-6-15-11(8)9/h3-4H,5-7,14H2,1-2H3. The van der Waals surface area contributed by atoms with E-state index in [1.807, 2.05) is 13.8 Å². The molecule has 2 N–H and O–H groups in total. The van der Waals surface area contributed by atoms with E-state index in [0.717, 1.165) is 12.0 Å². The van der Waals surface area contributed by atoms with E-state index in [1.165, 1.54) is 6.07 Å². The summed E-state index contributed by atoms with van der Waals surface area (Å²) in [5.41, 5.74) is 7.21. The molecule has 0 atom stereocenters. The van der Waals surface area contributed by atoms with E-state index in [2.05, 4.69) is 0 Å². The van der Waals surface area contributed by atoms with Crippen molar-refractivity contribution in [3.63, 3.8) is 0 Å². The first-order valence-electron chi connectivity index (χ1n) is 5.19. The van der Waals surface area contributed by atoms with E-state index < -0.39 is 5.54 Å². The Bertz CT molecular complexity index is 382. The number of benzene rings is 1. The van der Waals surface area contributed by atoms with E-state index in [-0.39, 0.29) is 5.82 Å². The Balaban J connectivity index is 2.41. The summed E-state index contributed by atoms with van der Waals surface area (Å²) in [6, 6.07) is 3.30. The third-order valence-electron chi connectivity index (χ3n) is 2.54. The van der Waals surface area contributed by atoms with Crippen LogP contribution in [0.15, 0.2) is 12.1 Å². The van der Waals surface area contributed by atoms with Crippen molar-refractivity contribution in [1.82, 2.24) is 0 Å². The van der Waals surface area contributed by atoms with Crippen LogP contribution < -0.4 is 10.5 Å². The van der Waals surface area contributed by atoms with Crippen molar-refractivity contribution in [3.8, 4) is 5.75 Å². The monoisotopic (exact) mass is 209 g/mol. The van der Waals surface area contributed by atoms with Gasteiger partial charge in [0.05, 0.1) is 6.61 Å². The first-order chi connectivity index (χ1) is 6.97. The lowest BCUT2D eigenvalue weighted by molar-refractivity contribution is 0.347. The Kier molecular flexibility index (Phi) is 2.43. The van der Waals surface area contributed by atoms with Gasteiger partial charge in [-0.05, 0) is 31.9 Å². The zero-order valence-electron chi connectivity index (χ0n) is 9.14. The van der Waals surface area contributed by atoms with E-state index in [4.69, 9.17) is 10.5 Å². The van der Waals surface area contributed by atoms with Crippen LogP contribution in [-0.2, 0) is 12.8 Å². The second-order valence-electron chi connectivity index (χ2n) is 4.78. The highest BCUT2D eigenvalue weighted by Gasteiger charge is 2.23. The summed E-state index contributed by atoms with van der Waals surface area (Å²) in [6.45, 7) is 4.43. The number of hydrogen-bond acceptors (Lipinski definition) is 2. The van der Waals surface area contributed by atoms with Gasteiger partial charge in [0.25, 0.3) is 0 Å². The fraction of sp³-hybridized carbons (Fsp3) is 0.500. The molecule has 0 aliphatic carbocycles. The van der Waals surface area contributed by atoms with Crippen molar-refractivity contribution in [2.75, 3.05) is 6.61 Å². The van der Waals surface area contributed by atoms with Crippen molar-refractivity contribution in [2.45, 2.75) is 32.2 Å². The summed E-state index contributed by atoms with van der Waals surface area (Å²) in [4.78, 5) is 0.